The number of ether oxygens (including phenoxy) is 3. The van der Waals surface area contributed by atoms with E-state index in [1.54, 1.807) is 7.11 Å². The highest BCUT2D eigenvalue weighted by atomic mass is 31.2. The van der Waals surface area contributed by atoms with Crippen LogP contribution in [0, 0.1) is 11.8 Å². The van der Waals surface area contributed by atoms with Gasteiger partial charge in [0.05, 0.1) is 18.8 Å². The van der Waals surface area contributed by atoms with Crippen LogP contribution in [0.4, 0.5) is 0 Å². The fourth-order valence-corrected chi connectivity index (χ4v) is 5.28. The highest BCUT2D eigenvalue weighted by Crippen LogP contribution is 2.56. The molecule has 2 rings (SSSR count). The number of hydrogen-bond donors (Lipinski definition) is 1. The summed E-state index contributed by atoms with van der Waals surface area (Å²) in [5.41, 5.74) is 0. The molecule has 0 amide bonds. The van der Waals surface area contributed by atoms with Crippen molar-refractivity contribution < 1.29 is 42.1 Å². The van der Waals surface area contributed by atoms with Gasteiger partial charge in [0.2, 0.25) is 0 Å². The fraction of sp³-hybridized carbons (Fsp3) is 1.00. The van der Waals surface area contributed by atoms with E-state index in [0.717, 1.165) is 0 Å². The molecule has 0 radical (unpaired) electrons. The molecule has 0 aliphatic carbocycles. The van der Waals surface area contributed by atoms with Crippen LogP contribution in [0.25, 0.3) is 0 Å². The van der Waals surface area contributed by atoms with Crippen LogP contribution in [0.1, 0.15) is 27.7 Å². The Morgan fingerprint density at radius 2 is 1.56 bits per heavy atom. The second-order valence-electron chi connectivity index (χ2n) is 7.40. The first-order valence-corrected chi connectivity index (χ1v) is 12.2. The maximum absolute atomic E-state index is 11.0. The van der Waals surface area contributed by atoms with Gasteiger partial charge < -0.3 is 19.1 Å². The van der Waals surface area contributed by atoms with E-state index < -0.39 is 28.4 Å². The van der Waals surface area contributed by atoms with Crippen molar-refractivity contribution in [3.05, 3.63) is 0 Å². The zero-order chi connectivity index (χ0) is 20.4. The van der Waals surface area contributed by atoms with E-state index >= 15 is 0 Å². The zero-order valence-electron chi connectivity index (χ0n) is 16.6. The van der Waals surface area contributed by atoms with Crippen LogP contribution in [-0.2, 0) is 32.3 Å². The van der Waals surface area contributed by atoms with Crippen molar-refractivity contribution in [2.45, 2.75) is 64.3 Å². The minimum Gasteiger partial charge on any atom is -0.566 e. The zero-order valence-corrected chi connectivity index (χ0v) is 18.4. The summed E-state index contributed by atoms with van der Waals surface area (Å²) in [6, 6.07) is 0. The minimum absolute atomic E-state index is 0.0267. The molecule has 0 saturated carbocycles. The molecule has 2 fully saturated rings. The van der Waals surface area contributed by atoms with Crippen LogP contribution in [-0.4, -0.2) is 68.5 Å². The lowest BCUT2D eigenvalue weighted by Crippen LogP contribution is -2.34. The van der Waals surface area contributed by atoms with Crippen molar-refractivity contribution in [1.29, 1.82) is 0 Å². The Bertz CT molecular complexity index is 506. The van der Waals surface area contributed by atoms with Gasteiger partial charge in [-0.1, -0.05) is 13.8 Å². The molecule has 0 spiro atoms. The lowest BCUT2D eigenvalue weighted by atomic mass is 10.00. The summed E-state index contributed by atoms with van der Waals surface area (Å²) in [4.78, 5) is 21.7. The molecule has 158 valence electrons. The number of rotatable bonds is 9. The molecule has 10 atom stereocenters. The van der Waals surface area contributed by atoms with E-state index in [0.29, 0.717) is 6.61 Å². The molecule has 0 aromatic carbocycles. The molecule has 0 aromatic heterocycles. The Balaban J connectivity index is 1.96. The quantitative estimate of drug-likeness (QED) is 0.547. The predicted molar refractivity (Wildman–Crippen MR) is 97.2 cm³/mol. The number of hydrogen-bond acceptors (Lipinski definition) is 9. The molecule has 0 aromatic rings. The third-order valence-corrected chi connectivity index (χ3v) is 7.04. The maximum atomic E-state index is 11.0. The van der Waals surface area contributed by atoms with Crippen molar-refractivity contribution in [3.8, 4) is 0 Å². The Morgan fingerprint density at radius 3 is 2.07 bits per heavy atom. The molecule has 0 bridgehead atoms. The third kappa shape index (κ3) is 6.09. The second kappa shape index (κ2) is 9.81. The molecular formula is C16H31O9P2+. The third-order valence-electron chi connectivity index (χ3n) is 5.36. The summed E-state index contributed by atoms with van der Waals surface area (Å²) in [7, 11) is -4.61. The first-order chi connectivity index (χ1) is 12.6. The SMILES string of the molecule is COCC1OC(C)C(C)C1O[P+](C)(O)OCC1OC(C)C(C)C1O[P+](=O)[O-]. The van der Waals surface area contributed by atoms with Gasteiger partial charge in [-0.15, -0.1) is 4.52 Å². The maximum Gasteiger partial charge on any atom is 0.488 e. The highest BCUT2D eigenvalue weighted by molar-refractivity contribution is 7.59. The molecule has 11 heteroatoms. The monoisotopic (exact) mass is 429 g/mol. The van der Waals surface area contributed by atoms with E-state index in [1.807, 2.05) is 27.7 Å². The van der Waals surface area contributed by atoms with Crippen molar-refractivity contribution in [3.63, 3.8) is 0 Å². The molecular weight excluding hydrogens is 398 g/mol. The van der Waals surface area contributed by atoms with E-state index in [-0.39, 0.29) is 42.9 Å². The van der Waals surface area contributed by atoms with Gasteiger partial charge in [0.1, 0.15) is 37.7 Å². The average Bonchev–Trinajstić information content (AvgIpc) is 2.98. The summed E-state index contributed by atoms with van der Waals surface area (Å²) in [6.45, 7) is 9.46. The number of methoxy groups -OCH3 is 1. The highest BCUT2D eigenvalue weighted by Gasteiger charge is 2.51. The van der Waals surface area contributed by atoms with Crippen LogP contribution in [0.5, 0.6) is 0 Å². The molecule has 2 saturated heterocycles. The summed E-state index contributed by atoms with van der Waals surface area (Å²) in [6.07, 6.45) is -2.13. The lowest BCUT2D eigenvalue weighted by Gasteiger charge is -2.24. The van der Waals surface area contributed by atoms with Crippen LogP contribution >= 0.6 is 16.2 Å². The molecule has 10 unspecified atom stereocenters. The van der Waals surface area contributed by atoms with Gasteiger partial charge in [0, 0.05) is 18.9 Å². The molecule has 9 nitrogen and oxygen atoms in total. The average molecular weight is 429 g/mol. The largest absolute Gasteiger partial charge is 0.566 e. The molecule has 2 aliphatic rings. The van der Waals surface area contributed by atoms with Crippen LogP contribution in [0.3, 0.4) is 0 Å². The molecule has 1 N–H and O–H groups in total. The smallest absolute Gasteiger partial charge is 0.488 e. The fourth-order valence-electron chi connectivity index (χ4n) is 3.49. The van der Waals surface area contributed by atoms with Crippen molar-refractivity contribution in [2.24, 2.45) is 11.8 Å². The summed E-state index contributed by atoms with van der Waals surface area (Å²) in [5.74, 6) is -0.0607. The van der Waals surface area contributed by atoms with Crippen molar-refractivity contribution in [2.75, 3.05) is 27.0 Å². The van der Waals surface area contributed by atoms with Crippen LogP contribution in [0.2, 0.25) is 0 Å². The van der Waals surface area contributed by atoms with Gasteiger partial charge in [-0.2, -0.15) is 13.9 Å². The summed E-state index contributed by atoms with van der Waals surface area (Å²) < 4.78 is 44.2. The molecule has 2 aliphatic heterocycles. The topological polar surface area (TPSA) is 116 Å². The van der Waals surface area contributed by atoms with Gasteiger partial charge in [-0.25, -0.2) is 0 Å². The van der Waals surface area contributed by atoms with Crippen molar-refractivity contribution in [1.82, 2.24) is 0 Å². The van der Waals surface area contributed by atoms with Crippen LogP contribution in [0.15, 0.2) is 0 Å². The Labute approximate surface area is 162 Å². The standard InChI is InChI=1S/C16H31O9P2/c1-9-11(3)23-14(15(9)24-26(17)18)8-21-27(6,19)25-16-10(2)12(4)22-13(16)7-20-5/h9-16,19H,7-8H2,1-6H3/q+1. The molecule has 2 heterocycles. The normalized spacial score (nSPS) is 42.3. The Hall–Kier alpha value is 0.210. The second-order valence-corrected chi connectivity index (χ2v) is 10.1. The van der Waals surface area contributed by atoms with Crippen LogP contribution < -0.4 is 4.89 Å². The van der Waals surface area contributed by atoms with Gasteiger partial charge >= 0.3 is 16.2 Å². The van der Waals surface area contributed by atoms with E-state index in [2.05, 4.69) is 0 Å². The van der Waals surface area contributed by atoms with Gasteiger partial charge in [-0.05, 0) is 18.4 Å². The Kier molecular flexibility index (Phi) is 8.53. The van der Waals surface area contributed by atoms with E-state index in [4.69, 9.17) is 27.8 Å². The minimum atomic E-state index is -3.19. The summed E-state index contributed by atoms with van der Waals surface area (Å²) >= 11 is 0. The van der Waals surface area contributed by atoms with Gasteiger partial charge in [0.25, 0.3) is 0 Å². The first-order valence-electron chi connectivity index (χ1n) is 9.09. The lowest BCUT2D eigenvalue weighted by molar-refractivity contribution is -0.192. The Morgan fingerprint density at radius 1 is 1.04 bits per heavy atom. The van der Waals surface area contributed by atoms with Crippen molar-refractivity contribution >= 4 is 16.2 Å². The van der Waals surface area contributed by atoms with E-state index in [1.165, 1.54) is 6.66 Å². The van der Waals surface area contributed by atoms with Gasteiger partial charge in [0.15, 0.2) is 0 Å². The van der Waals surface area contributed by atoms with Gasteiger partial charge in [-0.3, -0.25) is 0 Å². The predicted octanol–water partition coefficient (Wildman–Crippen LogP) is 1.67. The molecule has 27 heavy (non-hydrogen) atoms. The summed E-state index contributed by atoms with van der Waals surface area (Å²) in [5, 5.41) is 0. The first kappa shape index (κ1) is 23.5. The van der Waals surface area contributed by atoms with E-state index in [9.17, 15) is 14.4 Å².